The number of ether oxygens (including phenoxy) is 1. The highest BCUT2D eigenvalue weighted by Crippen LogP contribution is 2.52. The van der Waals surface area contributed by atoms with Gasteiger partial charge in [0.2, 0.25) is 0 Å². The number of carboxylic acid groups (broad SMARTS) is 1. The molecule has 3 rings (SSSR count). The largest absolute Gasteiger partial charge is 0.480 e. The highest BCUT2D eigenvalue weighted by Gasteiger charge is 2.50. The normalized spacial score (nSPS) is 24.7. The first kappa shape index (κ1) is 18.1. The van der Waals surface area contributed by atoms with Crippen LogP contribution in [-0.2, 0) is 9.53 Å². The molecule has 0 saturated heterocycles. The fourth-order valence-electron chi connectivity index (χ4n) is 3.57. The van der Waals surface area contributed by atoms with Gasteiger partial charge in [-0.25, -0.2) is 9.59 Å². The zero-order valence-corrected chi connectivity index (χ0v) is 15.6. The van der Waals surface area contributed by atoms with E-state index in [9.17, 15) is 14.7 Å². The van der Waals surface area contributed by atoms with Gasteiger partial charge in [0.15, 0.2) is 0 Å². The molecule has 2 aliphatic rings. The van der Waals surface area contributed by atoms with Gasteiger partial charge < -0.3 is 9.84 Å². The molecule has 1 aromatic rings. The second-order valence-corrected chi connectivity index (χ2v) is 8.09. The Balaban J connectivity index is 2.21. The Kier molecular flexibility index (Phi) is 4.50. The Morgan fingerprint density at radius 3 is 2.48 bits per heavy atom. The second-order valence-electron chi connectivity index (χ2n) is 7.28. The van der Waals surface area contributed by atoms with Crippen LogP contribution in [0.4, 0.5) is 10.5 Å². The van der Waals surface area contributed by atoms with Crippen molar-refractivity contribution in [3.8, 4) is 0 Å². The quantitative estimate of drug-likeness (QED) is 0.702. The summed E-state index contributed by atoms with van der Waals surface area (Å²) in [6, 6.07) is 2.16. The lowest BCUT2D eigenvalue weighted by Gasteiger charge is -2.42. The summed E-state index contributed by atoms with van der Waals surface area (Å²) >= 11 is 12.8. The van der Waals surface area contributed by atoms with Crippen molar-refractivity contribution in [1.29, 1.82) is 0 Å². The van der Waals surface area contributed by atoms with Crippen molar-refractivity contribution in [1.82, 2.24) is 0 Å². The highest BCUT2D eigenvalue weighted by atomic mass is 35.5. The number of rotatable bonds is 1. The molecule has 5 nitrogen and oxygen atoms in total. The van der Waals surface area contributed by atoms with Gasteiger partial charge in [0, 0.05) is 22.4 Å². The monoisotopic (exact) mass is 383 g/mol. The number of hydrogen-bond acceptors (Lipinski definition) is 3. The van der Waals surface area contributed by atoms with Crippen LogP contribution in [0.25, 0.3) is 0 Å². The van der Waals surface area contributed by atoms with Gasteiger partial charge in [-0.1, -0.05) is 35.4 Å². The van der Waals surface area contributed by atoms with E-state index in [2.05, 4.69) is 0 Å². The lowest BCUT2D eigenvalue weighted by molar-refractivity contribution is -0.140. The van der Waals surface area contributed by atoms with E-state index < -0.39 is 23.7 Å². The number of halogens is 2. The zero-order valence-electron chi connectivity index (χ0n) is 14.1. The number of aliphatic carboxylic acids is 1. The summed E-state index contributed by atoms with van der Waals surface area (Å²) in [5, 5.41) is 10.6. The minimum absolute atomic E-state index is 0.194. The molecule has 3 atom stereocenters. The fourth-order valence-corrected chi connectivity index (χ4v) is 4.10. The standard InChI is InChI=1S/C18H19Cl2NO4/c1-18(2,3)25-17(24)21-14(16(22)23)10-6-4-5-9(10)13-11(19)7-8-12(20)15(13)21/h4-5,7-10,14H,6H2,1-3H3,(H,22,23)/t9-,10+,14-/m0/s1. The summed E-state index contributed by atoms with van der Waals surface area (Å²) in [5.74, 6) is -1.60. The molecular formula is C18H19Cl2NO4. The van der Waals surface area contributed by atoms with Crippen LogP contribution in [0.2, 0.25) is 10.0 Å². The summed E-state index contributed by atoms with van der Waals surface area (Å²) in [5.41, 5.74) is 0.232. The molecule has 1 heterocycles. The molecule has 0 unspecified atom stereocenters. The molecule has 25 heavy (non-hydrogen) atoms. The van der Waals surface area contributed by atoms with Crippen LogP contribution in [0.5, 0.6) is 0 Å². The van der Waals surface area contributed by atoms with Crippen LogP contribution in [0, 0.1) is 5.92 Å². The molecule has 0 bridgehead atoms. The molecule has 1 amide bonds. The number of amides is 1. The third-order valence-corrected chi connectivity index (χ3v) is 5.06. The molecular weight excluding hydrogens is 365 g/mol. The van der Waals surface area contributed by atoms with Gasteiger partial charge >= 0.3 is 12.1 Å². The number of carbonyl (C=O) groups excluding carboxylic acids is 1. The molecule has 134 valence electrons. The summed E-state index contributed by atoms with van der Waals surface area (Å²) in [4.78, 5) is 26.0. The number of allylic oxidation sites excluding steroid dienone is 2. The number of carbonyl (C=O) groups is 2. The lowest BCUT2D eigenvalue weighted by Crippen LogP contribution is -2.54. The Bertz CT molecular complexity index is 769. The van der Waals surface area contributed by atoms with E-state index in [1.165, 1.54) is 0 Å². The van der Waals surface area contributed by atoms with Gasteiger partial charge in [-0.15, -0.1) is 0 Å². The number of nitrogens with zero attached hydrogens (tertiary/aromatic N) is 1. The van der Waals surface area contributed by atoms with Crippen molar-refractivity contribution in [2.75, 3.05) is 4.90 Å². The van der Waals surface area contributed by atoms with Crippen LogP contribution in [-0.4, -0.2) is 28.8 Å². The maximum atomic E-state index is 12.9. The summed E-state index contributed by atoms with van der Waals surface area (Å²) in [6.45, 7) is 5.18. The van der Waals surface area contributed by atoms with E-state index in [0.717, 1.165) is 4.90 Å². The maximum Gasteiger partial charge on any atom is 0.415 e. The van der Waals surface area contributed by atoms with E-state index in [1.54, 1.807) is 32.9 Å². The van der Waals surface area contributed by atoms with Gasteiger partial charge in [0.05, 0.1) is 10.7 Å². The van der Waals surface area contributed by atoms with E-state index in [-0.39, 0.29) is 16.9 Å². The van der Waals surface area contributed by atoms with E-state index in [1.807, 2.05) is 12.2 Å². The van der Waals surface area contributed by atoms with Crippen LogP contribution in [0.1, 0.15) is 38.7 Å². The van der Waals surface area contributed by atoms with Crippen LogP contribution >= 0.6 is 23.2 Å². The molecule has 0 aromatic heterocycles. The maximum absolute atomic E-state index is 12.9. The number of carboxylic acids is 1. The lowest BCUT2D eigenvalue weighted by atomic mass is 9.78. The SMILES string of the molecule is CC(C)(C)OC(=O)N1c2c(Cl)ccc(Cl)c2[C@H]2C=CC[C@H]2[C@H]1C(=O)O. The first-order chi connectivity index (χ1) is 11.6. The van der Waals surface area contributed by atoms with E-state index in [4.69, 9.17) is 27.9 Å². The predicted molar refractivity (Wildman–Crippen MR) is 96.6 cm³/mol. The minimum Gasteiger partial charge on any atom is -0.480 e. The van der Waals surface area contributed by atoms with Crippen molar-refractivity contribution < 1.29 is 19.4 Å². The fraction of sp³-hybridized carbons (Fsp3) is 0.444. The van der Waals surface area contributed by atoms with Crippen molar-refractivity contribution in [2.24, 2.45) is 5.92 Å². The summed E-state index contributed by atoms with van der Waals surface area (Å²) in [6.07, 6.45) is 3.66. The third kappa shape index (κ3) is 3.11. The third-order valence-electron chi connectivity index (χ3n) is 4.43. The van der Waals surface area contributed by atoms with Crippen molar-refractivity contribution in [2.45, 2.75) is 44.8 Å². The average molecular weight is 384 g/mol. The summed E-state index contributed by atoms with van der Waals surface area (Å²) in [7, 11) is 0. The molecule has 1 N–H and O–H groups in total. The van der Waals surface area contributed by atoms with Gasteiger partial charge in [-0.2, -0.15) is 0 Å². The van der Waals surface area contributed by atoms with E-state index in [0.29, 0.717) is 22.7 Å². The minimum atomic E-state index is -1.09. The molecule has 0 spiro atoms. The summed E-state index contributed by atoms with van der Waals surface area (Å²) < 4.78 is 5.46. The van der Waals surface area contributed by atoms with Crippen LogP contribution < -0.4 is 4.90 Å². The van der Waals surface area contributed by atoms with Crippen molar-refractivity contribution in [3.05, 3.63) is 39.9 Å². The Morgan fingerprint density at radius 1 is 1.24 bits per heavy atom. The number of fused-ring (bicyclic) bond motifs is 3. The van der Waals surface area contributed by atoms with Gasteiger partial charge in [-0.3, -0.25) is 4.90 Å². The second kappa shape index (κ2) is 6.22. The Hall–Kier alpha value is -1.72. The zero-order chi connectivity index (χ0) is 18.5. The molecule has 0 fully saturated rings. The van der Waals surface area contributed by atoms with E-state index >= 15 is 0 Å². The van der Waals surface area contributed by atoms with Crippen molar-refractivity contribution >= 4 is 41.0 Å². The van der Waals surface area contributed by atoms with Gasteiger partial charge in [0.1, 0.15) is 11.6 Å². The molecule has 0 saturated carbocycles. The van der Waals surface area contributed by atoms with Crippen molar-refractivity contribution in [3.63, 3.8) is 0 Å². The first-order valence-electron chi connectivity index (χ1n) is 8.01. The molecule has 1 aliphatic carbocycles. The average Bonchev–Trinajstić information content (AvgIpc) is 2.95. The van der Waals surface area contributed by atoms with Crippen LogP contribution in [0.15, 0.2) is 24.3 Å². The molecule has 0 radical (unpaired) electrons. The number of anilines is 1. The molecule has 1 aliphatic heterocycles. The Labute approximate surface area is 156 Å². The molecule has 7 heteroatoms. The highest BCUT2D eigenvalue weighted by molar-refractivity contribution is 6.37. The molecule has 1 aromatic carbocycles. The number of benzene rings is 1. The Morgan fingerprint density at radius 2 is 1.88 bits per heavy atom. The first-order valence-corrected chi connectivity index (χ1v) is 8.77. The van der Waals surface area contributed by atoms with Gasteiger partial charge in [-0.05, 0) is 39.3 Å². The predicted octanol–water partition coefficient (Wildman–Crippen LogP) is 4.86. The topological polar surface area (TPSA) is 66.8 Å². The number of hydrogen-bond donors (Lipinski definition) is 1. The van der Waals surface area contributed by atoms with Crippen LogP contribution in [0.3, 0.4) is 0 Å². The smallest absolute Gasteiger partial charge is 0.415 e. The van der Waals surface area contributed by atoms with Gasteiger partial charge in [0.25, 0.3) is 0 Å².